The molecule has 2 rings (SSSR count). The molecule has 0 heterocycles. The topological polar surface area (TPSA) is 12.0 Å². The SMILES string of the molecule is Cc1cc(Br)c(F)cc1NC(C)c1ccc(F)cc1Cl. The summed E-state index contributed by atoms with van der Waals surface area (Å²) in [7, 11) is 0. The van der Waals surface area contributed by atoms with Gasteiger partial charge in [-0.25, -0.2) is 8.78 Å². The van der Waals surface area contributed by atoms with Gasteiger partial charge in [-0.15, -0.1) is 0 Å². The molecule has 106 valence electrons. The van der Waals surface area contributed by atoms with Crippen molar-refractivity contribution >= 4 is 33.2 Å². The molecule has 0 spiro atoms. The Bertz CT molecular complexity index is 646. The van der Waals surface area contributed by atoms with Gasteiger partial charge in [-0.05, 0) is 65.2 Å². The summed E-state index contributed by atoms with van der Waals surface area (Å²) >= 11 is 9.17. The van der Waals surface area contributed by atoms with Crippen molar-refractivity contribution in [3.63, 3.8) is 0 Å². The lowest BCUT2D eigenvalue weighted by Gasteiger charge is -2.19. The monoisotopic (exact) mass is 359 g/mol. The molecular weight excluding hydrogens is 348 g/mol. The zero-order chi connectivity index (χ0) is 14.9. The highest BCUT2D eigenvalue weighted by molar-refractivity contribution is 9.10. The molecule has 2 aromatic rings. The lowest BCUT2D eigenvalue weighted by atomic mass is 10.1. The number of anilines is 1. The fourth-order valence-corrected chi connectivity index (χ4v) is 2.75. The van der Waals surface area contributed by atoms with E-state index in [0.29, 0.717) is 15.2 Å². The van der Waals surface area contributed by atoms with Crippen LogP contribution in [0.1, 0.15) is 24.1 Å². The standard InChI is InChI=1S/C15H13BrClF2N/c1-8-5-12(16)14(19)7-15(8)20-9(2)11-4-3-10(18)6-13(11)17/h3-7,9,20H,1-2H3. The third kappa shape index (κ3) is 3.30. The fraction of sp³-hybridized carbons (Fsp3) is 0.200. The molecule has 2 aromatic carbocycles. The quantitative estimate of drug-likeness (QED) is 0.722. The number of hydrogen-bond donors (Lipinski definition) is 1. The average Bonchev–Trinajstić information content (AvgIpc) is 2.35. The van der Waals surface area contributed by atoms with Crippen LogP contribution in [-0.4, -0.2) is 0 Å². The van der Waals surface area contributed by atoms with E-state index < -0.39 is 0 Å². The number of benzene rings is 2. The van der Waals surface area contributed by atoms with Crippen LogP contribution in [0.25, 0.3) is 0 Å². The van der Waals surface area contributed by atoms with Crippen molar-refractivity contribution in [3.8, 4) is 0 Å². The van der Waals surface area contributed by atoms with E-state index in [4.69, 9.17) is 11.6 Å². The fourth-order valence-electron chi connectivity index (χ4n) is 1.97. The highest BCUT2D eigenvalue weighted by Gasteiger charge is 2.13. The molecule has 0 aliphatic carbocycles. The largest absolute Gasteiger partial charge is 0.378 e. The van der Waals surface area contributed by atoms with E-state index in [2.05, 4.69) is 21.2 Å². The van der Waals surface area contributed by atoms with Gasteiger partial charge in [-0.1, -0.05) is 17.7 Å². The maximum Gasteiger partial charge on any atom is 0.139 e. The minimum atomic E-state index is -0.378. The summed E-state index contributed by atoms with van der Waals surface area (Å²) in [6.07, 6.45) is 0. The number of hydrogen-bond acceptors (Lipinski definition) is 1. The molecule has 0 bridgehead atoms. The third-order valence-corrected chi connectivity index (χ3v) is 4.00. The number of halogens is 4. The first kappa shape index (κ1) is 15.3. The van der Waals surface area contributed by atoms with Crippen molar-refractivity contribution in [2.24, 2.45) is 0 Å². The van der Waals surface area contributed by atoms with E-state index in [0.717, 1.165) is 11.1 Å². The Hall–Kier alpha value is -1.13. The normalized spacial score (nSPS) is 12.3. The van der Waals surface area contributed by atoms with Gasteiger partial charge in [0.25, 0.3) is 0 Å². The van der Waals surface area contributed by atoms with E-state index in [1.54, 1.807) is 12.1 Å². The van der Waals surface area contributed by atoms with Crippen LogP contribution < -0.4 is 5.32 Å². The summed E-state index contributed by atoms with van der Waals surface area (Å²) < 4.78 is 27.0. The molecule has 1 unspecified atom stereocenters. The van der Waals surface area contributed by atoms with E-state index in [9.17, 15) is 8.78 Å². The van der Waals surface area contributed by atoms with Gasteiger partial charge >= 0.3 is 0 Å². The summed E-state index contributed by atoms with van der Waals surface area (Å²) in [6, 6.07) is 7.21. The van der Waals surface area contributed by atoms with E-state index >= 15 is 0 Å². The molecule has 1 nitrogen and oxygen atoms in total. The molecule has 0 saturated heterocycles. The summed E-state index contributed by atoms with van der Waals surface area (Å²) in [4.78, 5) is 0. The van der Waals surface area contributed by atoms with Crippen LogP contribution in [0.4, 0.5) is 14.5 Å². The molecule has 0 saturated carbocycles. The number of aryl methyl sites for hydroxylation is 1. The molecule has 0 fully saturated rings. The maximum atomic E-state index is 13.6. The molecule has 0 radical (unpaired) electrons. The van der Waals surface area contributed by atoms with Crippen LogP contribution in [0.5, 0.6) is 0 Å². The highest BCUT2D eigenvalue weighted by Crippen LogP contribution is 2.30. The van der Waals surface area contributed by atoms with Crippen molar-refractivity contribution in [1.29, 1.82) is 0 Å². The Morgan fingerprint density at radius 3 is 2.55 bits per heavy atom. The zero-order valence-electron chi connectivity index (χ0n) is 11.0. The molecule has 1 N–H and O–H groups in total. The van der Waals surface area contributed by atoms with Crippen molar-refractivity contribution in [3.05, 3.63) is 62.6 Å². The van der Waals surface area contributed by atoms with Gasteiger partial charge in [0, 0.05) is 10.7 Å². The predicted octanol–water partition coefficient (Wildman–Crippen LogP) is 5.86. The van der Waals surface area contributed by atoms with Gasteiger partial charge in [-0.2, -0.15) is 0 Å². The van der Waals surface area contributed by atoms with Gasteiger partial charge < -0.3 is 5.32 Å². The second kappa shape index (κ2) is 6.10. The Balaban J connectivity index is 2.27. The van der Waals surface area contributed by atoms with Crippen molar-refractivity contribution < 1.29 is 8.78 Å². The van der Waals surface area contributed by atoms with Crippen LogP contribution in [-0.2, 0) is 0 Å². The molecule has 0 amide bonds. The molecule has 0 aromatic heterocycles. The molecule has 20 heavy (non-hydrogen) atoms. The summed E-state index contributed by atoms with van der Waals surface area (Å²) in [5.74, 6) is -0.715. The first-order valence-corrected chi connectivity index (χ1v) is 7.22. The summed E-state index contributed by atoms with van der Waals surface area (Å²) in [6.45, 7) is 3.77. The highest BCUT2D eigenvalue weighted by atomic mass is 79.9. The minimum Gasteiger partial charge on any atom is -0.378 e. The van der Waals surface area contributed by atoms with Gasteiger partial charge in [0.05, 0.1) is 10.5 Å². The van der Waals surface area contributed by atoms with E-state index in [1.165, 1.54) is 18.2 Å². The van der Waals surface area contributed by atoms with Crippen molar-refractivity contribution in [1.82, 2.24) is 0 Å². The van der Waals surface area contributed by atoms with Gasteiger partial charge in [0.2, 0.25) is 0 Å². The Labute approximate surface area is 130 Å². The summed E-state index contributed by atoms with van der Waals surface area (Å²) in [5, 5.41) is 3.53. The van der Waals surface area contributed by atoms with Crippen LogP contribution in [0.3, 0.4) is 0 Å². The van der Waals surface area contributed by atoms with Gasteiger partial charge in [0.15, 0.2) is 0 Å². The second-order valence-corrected chi connectivity index (χ2v) is 5.87. The molecule has 0 aliphatic heterocycles. The van der Waals surface area contributed by atoms with E-state index in [-0.39, 0.29) is 17.7 Å². The van der Waals surface area contributed by atoms with Crippen molar-refractivity contribution in [2.45, 2.75) is 19.9 Å². The molecular formula is C15H13BrClF2N. The van der Waals surface area contributed by atoms with Crippen LogP contribution in [0.15, 0.2) is 34.8 Å². The molecule has 1 atom stereocenters. The smallest absolute Gasteiger partial charge is 0.139 e. The average molecular weight is 361 g/mol. The third-order valence-electron chi connectivity index (χ3n) is 3.07. The summed E-state index contributed by atoms with van der Waals surface area (Å²) in [5.41, 5.74) is 2.35. The maximum absolute atomic E-state index is 13.6. The first-order chi connectivity index (χ1) is 9.38. The lowest BCUT2D eigenvalue weighted by Crippen LogP contribution is -2.09. The van der Waals surface area contributed by atoms with Crippen LogP contribution >= 0.6 is 27.5 Å². The number of nitrogens with one attached hydrogen (secondary N) is 1. The Kier molecular flexibility index (Phi) is 4.66. The van der Waals surface area contributed by atoms with Gasteiger partial charge in [0.1, 0.15) is 11.6 Å². The van der Waals surface area contributed by atoms with Gasteiger partial charge in [-0.3, -0.25) is 0 Å². The first-order valence-electron chi connectivity index (χ1n) is 6.05. The van der Waals surface area contributed by atoms with Crippen molar-refractivity contribution in [2.75, 3.05) is 5.32 Å². The van der Waals surface area contributed by atoms with E-state index in [1.807, 2.05) is 13.8 Å². The predicted molar refractivity (Wildman–Crippen MR) is 82.3 cm³/mol. The zero-order valence-corrected chi connectivity index (χ0v) is 13.3. The number of rotatable bonds is 3. The van der Waals surface area contributed by atoms with Crippen LogP contribution in [0, 0.1) is 18.6 Å². The molecule has 5 heteroatoms. The second-order valence-electron chi connectivity index (χ2n) is 4.61. The lowest BCUT2D eigenvalue weighted by molar-refractivity contribution is 0.620. The van der Waals surface area contributed by atoms with Crippen LogP contribution in [0.2, 0.25) is 5.02 Å². The Morgan fingerprint density at radius 2 is 1.90 bits per heavy atom. The Morgan fingerprint density at radius 1 is 1.20 bits per heavy atom. The molecule has 0 aliphatic rings. The minimum absolute atomic E-state index is 0.164.